The molecule has 5 heteroatoms. The maximum Gasteiger partial charge on any atom is 0.246 e. The molecule has 1 aromatic heterocycles. The summed E-state index contributed by atoms with van der Waals surface area (Å²) < 4.78 is 5.39. The van der Waals surface area contributed by atoms with E-state index in [2.05, 4.69) is 10.3 Å². The monoisotopic (exact) mass is 280 g/mol. The van der Waals surface area contributed by atoms with E-state index in [0.29, 0.717) is 13.0 Å². The summed E-state index contributed by atoms with van der Waals surface area (Å²) in [6.45, 7) is 6.16. The molecule has 0 aliphatic carbocycles. The van der Waals surface area contributed by atoms with Gasteiger partial charge in [-0.05, 0) is 39.3 Å². The first-order chi connectivity index (χ1) is 9.40. The van der Waals surface area contributed by atoms with Crippen LogP contribution in [0.1, 0.15) is 26.5 Å². The smallest absolute Gasteiger partial charge is 0.246 e. The Morgan fingerprint density at radius 1 is 1.45 bits per heavy atom. The van der Waals surface area contributed by atoms with E-state index in [1.54, 1.807) is 6.20 Å². The van der Waals surface area contributed by atoms with Crippen molar-refractivity contribution in [3.63, 3.8) is 0 Å². The molecule has 0 saturated heterocycles. The minimum atomic E-state index is -0.332. The van der Waals surface area contributed by atoms with Crippen molar-refractivity contribution in [3.8, 4) is 0 Å². The fourth-order valence-electron chi connectivity index (χ4n) is 1.61. The number of aliphatic hydroxyl groups is 1. The maximum absolute atomic E-state index is 11.6. The SMILES string of the molecule is CC(C)(C)OCC(=O)NCC(CO)Cc1ccccn1. The molecule has 0 spiro atoms. The number of nitrogens with zero attached hydrogens (tertiary/aromatic N) is 1. The molecule has 0 aliphatic heterocycles. The molecular weight excluding hydrogens is 256 g/mol. The highest BCUT2D eigenvalue weighted by Gasteiger charge is 2.14. The van der Waals surface area contributed by atoms with Crippen LogP contribution in [0.3, 0.4) is 0 Å². The maximum atomic E-state index is 11.6. The largest absolute Gasteiger partial charge is 0.396 e. The molecule has 1 aromatic rings. The van der Waals surface area contributed by atoms with Crippen molar-refractivity contribution in [2.24, 2.45) is 5.92 Å². The lowest BCUT2D eigenvalue weighted by Crippen LogP contribution is -2.36. The molecule has 1 heterocycles. The van der Waals surface area contributed by atoms with Crippen LogP contribution < -0.4 is 5.32 Å². The molecule has 2 N–H and O–H groups in total. The van der Waals surface area contributed by atoms with Crippen molar-refractivity contribution < 1.29 is 14.6 Å². The fraction of sp³-hybridized carbons (Fsp3) is 0.600. The van der Waals surface area contributed by atoms with Crippen LogP contribution in [0.25, 0.3) is 0 Å². The second-order valence-corrected chi connectivity index (χ2v) is 5.78. The summed E-state index contributed by atoms with van der Waals surface area (Å²) >= 11 is 0. The Labute approximate surface area is 120 Å². The van der Waals surface area contributed by atoms with E-state index in [9.17, 15) is 9.90 Å². The van der Waals surface area contributed by atoms with Gasteiger partial charge in [0.2, 0.25) is 5.91 Å². The van der Waals surface area contributed by atoms with Crippen molar-refractivity contribution in [3.05, 3.63) is 30.1 Å². The Morgan fingerprint density at radius 2 is 2.20 bits per heavy atom. The average molecular weight is 280 g/mol. The summed E-state index contributed by atoms with van der Waals surface area (Å²) in [4.78, 5) is 15.8. The molecule has 5 nitrogen and oxygen atoms in total. The zero-order valence-electron chi connectivity index (χ0n) is 12.4. The standard InChI is InChI=1S/C15H24N2O3/c1-15(2,3)20-11-14(19)17-9-12(10-18)8-13-6-4-5-7-16-13/h4-7,12,18H,8-11H2,1-3H3,(H,17,19). The molecule has 0 fully saturated rings. The highest BCUT2D eigenvalue weighted by Crippen LogP contribution is 2.07. The van der Waals surface area contributed by atoms with Gasteiger partial charge in [0, 0.05) is 31.0 Å². The Kier molecular flexibility index (Phi) is 6.61. The predicted molar refractivity (Wildman–Crippen MR) is 77.2 cm³/mol. The van der Waals surface area contributed by atoms with Crippen LogP contribution in [-0.2, 0) is 16.0 Å². The number of ether oxygens (including phenoxy) is 1. The third-order valence-electron chi connectivity index (χ3n) is 2.71. The topological polar surface area (TPSA) is 71.5 Å². The first-order valence-corrected chi connectivity index (χ1v) is 6.82. The van der Waals surface area contributed by atoms with Gasteiger partial charge in [0.05, 0.1) is 5.60 Å². The number of aliphatic hydroxyl groups excluding tert-OH is 1. The molecule has 20 heavy (non-hydrogen) atoms. The first-order valence-electron chi connectivity index (χ1n) is 6.82. The van der Waals surface area contributed by atoms with E-state index in [1.807, 2.05) is 39.0 Å². The van der Waals surface area contributed by atoms with Crippen LogP contribution >= 0.6 is 0 Å². The lowest BCUT2D eigenvalue weighted by Gasteiger charge is -2.20. The summed E-state index contributed by atoms with van der Waals surface area (Å²) in [5.74, 6) is -0.206. The van der Waals surface area contributed by atoms with E-state index in [1.165, 1.54) is 0 Å². The molecule has 1 amide bonds. The number of hydrogen-bond donors (Lipinski definition) is 2. The minimum Gasteiger partial charge on any atom is -0.396 e. The van der Waals surface area contributed by atoms with E-state index in [0.717, 1.165) is 5.69 Å². The van der Waals surface area contributed by atoms with Gasteiger partial charge in [-0.3, -0.25) is 9.78 Å². The summed E-state index contributed by atoms with van der Waals surface area (Å²) in [5.41, 5.74) is 0.577. The Balaban J connectivity index is 2.32. The van der Waals surface area contributed by atoms with Gasteiger partial charge in [-0.15, -0.1) is 0 Å². The molecule has 1 unspecified atom stereocenters. The van der Waals surface area contributed by atoms with Crippen LogP contribution in [-0.4, -0.2) is 41.4 Å². The normalized spacial score (nSPS) is 13.0. The van der Waals surface area contributed by atoms with E-state index >= 15 is 0 Å². The third-order valence-corrected chi connectivity index (χ3v) is 2.71. The van der Waals surface area contributed by atoms with Crippen LogP contribution in [0.15, 0.2) is 24.4 Å². The lowest BCUT2D eigenvalue weighted by molar-refractivity contribution is -0.130. The van der Waals surface area contributed by atoms with Gasteiger partial charge in [-0.25, -0.2) is 0 Å². The zero-order chi connectivity index (χ0) is 15.0. The van der Waals surface area contributed by atoms with Gasteiger partial charge in [0.25, 0.3) is 0 Å². The molecule has 0 radical (unpaired) electrons. The number of carbonyl (C=O) groups excluding carboxylic acids is 1. The van der Waals surface area contributed by atoms with Crippen molar-refractivity contribution in [1.82, 2.24) is 10.3 Å². The van der Waals surface area contributed by atoms with Crippen LogP contribution in [0.4, 0.5) is 0 Å². The molecular formula is C15H24N2O3. The molecule has 0 saturated carbocycles. The molecule has 0 aliphatic rings. The fourth-order valence-corrected chi connectivity index (χ4v) is 1.61. The zero-order valence-corrected chi connectivity index (χ0v) is 12.4. The molecule has 112 valence electrons. The van der Waals surface area contributed by atoms with Gasteiger partial charge in [-0.1, -0.05) is 6.07 Å². The van der Waals surface area contributed by atoms with Crippen LogP contribution in [0.5, 0.6) is 0 Å². The second kappa shape index (κ2) is 7.97. The predicted octanol–water partition coefficient (Wildman–Crippen LogP) is 1.16. The summed E-state index contributed by atoms with van der Waals surface area (Å²) in [6.07, 6.45) is 2.36. The van der Waals surface area contributed by atoms with Crippen molar-refractivity contribution in [2.75, 3.05) is 19.8 Å². The number of carbonyl (C=O) groups is 1. The van der Waals surface area contributed by atoms with Gasteiger partial charge in [0.15, 0.2) is 0 Å². The Morgan fingerprint density at radius 3 is 2.75 bits per heavy atom. The van der Waals surface area contributed by atoms with Crippen molar-refractivity contribution >= 4 is 5.91 Å². The van der Waals surface area contributed by atoms with Gasteiger partial charge < -0.3 is 15.2 Å². The van der Waals surface area contributed by atoms with Gasteiger partial charge in [0.1, 0.15) is 6.61 Å². The molecule has 1 rings (SSSR count). The Bertz CT molecular complexity index is 401. The molecule has 0 bridgehead atoms. The number of amides is 1. The lowest BCUT2D eigenvalue weighted by atomic mass is 10.0. The first kappa shape index (κ1) is 16.6. The van der Waals surface area contributed by atoms with E-state index in [-0.39, 0.29) is 30.6 Å². The summed E-state index contributed by atoms with van der Waals surface area (Å²) in [5, 5.41) is 12.1. The number of rotatable bonds is 7. The minimum absolute atomic E-state index is 0.0109. The number of hydrogen-bond acceptors (Lipinski definition) is 4. The number of nitrogens with one attached hydrogen (secondary N) is 1. The highest BCUT2D eigenvalue weighted by atomic mass is 16.5. The third kappa shape index (κ3) is 7.21. The van der Waals surface area contributed by atoms with Crippen LogP contribution in [0.2, 0.25) is 0 Å². The van der Waals surface area contributed by atoms with E-state index < -0.39 is 0 Å². The van der Waals surface area contributed by atoms with Crippen molar-refractivity contribution in [1.29, 1.82) is 0 Å². The Hall–Kier alpha value is -1.46. The van der Waals surface area contributed by atoms with E-state index in [4.69, 9.17) is 4.74 Å². The second-order valence-electron chi connectivity index (χ2n) is 5.78. The van der Waals surface area contributed by atoms with Gasteiger partial charge >= 0.3 is 0 Å². The summed E-state index contributed by atoms with van der Waals surface area (Å²) in [6, 6.07) is 5.67. The number of aromatic nitrogens is 1. The quantitative estimate of drug-likeness (QED) is 0.786. The molecule has 1 atom stereocenters. The highest BCUT2D eigenvalue weighted by molar-refractivity contribution is 5.77. The number of pyridine rings is 1. The van der Waals surface area contributed by atoms with Gasteiger partial charge in [-0.2, -0.15) is 0 Å². The van der Waals surface area contributed by atoms with Crippen molar-refractivity contribution in [2.45, 2.75) is 32.8 Å². The van der Waals surface area contributed by atoms with Crippen LogP contribution in [0, 0.1) is 5.92 Å². The molecule has 0 aromatic carbocycles. The summed E-state index contributed by atoms with van der Waals surface area (Å²) in [7, 11) is 0. The average Bonchev–Trinajstić information content (AvgIpc) is 2.41.